The van der Waals surface area contributed by atoms with Crippen LogP contribution < -0.4 is 20.3 Å². The minimum absolute atomic E-state index is 0.0281. The van der Waals surface area contributed by atoms with E-state index in [1.807, 2.05) is 45.9 Å². The quantitative estimate of drug-likeness (QED) is 0.113. The molecule has 13 nitrogen and oxygen atoms in total. The summed E-state index contributed by atoms with van der Waals surface area (Å²) in [5.41, 5.74) is 0.930. The molecule has 2 fully saturated rings. The van der Waals surface area contributed by atoms with Gasteiger partial charge in [-0.2, -0.15) is 12.6 Å². The maximum absolute atomic E-state index is 14.6. The molecule has 3 aliphatic heterocycles. The number of rotatable bonds is 9. The number of fused-ring (bicyclic) bond motifs is 5. The molecule has 0 aliphatic carbocycles. The molecule has 0 aromatic heterocycles. The number of allylic oxidation sites excluding steroid dienone is 3. The van der Waals surface area contributed by atoms with Crippen LogP contribution in [-0.2, 0) is 39.8 Å². The van der Waals surface area contributed by atoms with Crippen molar-refractivity contribution in [2.24, 2.45) is 11.8 Å². The second-order valence-electron chi connectivity index (χ2n) is 17.0. The lowest BCUT2D eigenvalue weighted by molar-refractivity contribution is -0.157. The highest BCUT2D eigenvalue weighted by atomic mass is 35.5. The second kappa shape index (κ2) is 18.3. The third-order valence-corrected chi connectivity index (χ3v) is 11.8. The predicted molar refractivity (Wildman–Crippen MR) is 230 cm³/mol. The highest BCUT2D eigenvalue weighted by molar-refractivity contribution is 7.81. The summed E-state index contributed by atoms with van der Waals surface area (Å²) in [5.74, 6) is -1.59. The van der Waals surface area contributed by atoms with E-state index in [2.05, 4.69) is 23.3 Å². The number of thiol groups is 1. The highest BCUT2D eigenvalue weighted by Crippen LogP contribution is 2.49. The molecule has 4 bridgehead atoms. The third kappa shape index (κ3) is 10.8. The van der Waals surface area contributed by atoms with Gasteiger partial charge in [0.1, 0.15) is 29.7 Å². The summed E-state index contributed by atoms with van der Waals surface area (Å²) in [5, 5.41) is 17.5. The first kappa shape index (κ1) is 46.0. The fraction of sp³-hybridized carbons (Fsp3) is 0.545. The number of carbonyl (C=O) groups is 4. The van der Waals surface area contributed by atoms with Crippen molar-refractivity contribution in [3.05, 3.63) is 64.7 Å². The van der Waals surface area contributed by atoms with Crippen LogP contribution in [0.3, 0.4) is 0 Å². The lowest BCUT2D eigenvalue weighted by Crippen LogP contribution is -2.63. The van der Waals surface area contributed by atoms with Gasteiger partial charge in [-0.3, -0.25) is 19.7 Å². The van der Waals surface area contributed by atoms with Gasteiger partial charge < -0.3 is 39.0 Å². The molecule has 59 heavy (non-hydrogen) atoms. The lowest BCUT2D eigenvalue weighted by atomic mass is 9.83. The molecule has 2 saturated heterocycles. The number of alkyl carbamates (subject to hydrolysis) is 1. The Morgan fingerprint density at radius 2 is 1.90 bits per heavy atom. The van der Waals surface area contributed by atoms with Crippen molar-refractivity contribution >= 4 is 59.5 Å². The summed E-state index contributed by atoms with van der Waals surface area (Å²) >= 11 is 11.3. The summed E-state index contributed by atoms with van der Waals surface area (Å²) in [7, 11) is 4.64. The van der Waals surface area contributed by atoms with Gasteiger partial charge in [0.25, 0.3) is 0 Å². The first-order valence-corrected chi connectivity index (χ1v) is 20.7. The molecular formula is C44H58ClN3O10S. The molecule has 3 amide bonds. The van der Waals surface area contributed by atoms with E-state index in [9.17, 15) is 24.3 Å². The molecule has 15 heteroatoms. The number of nitrogens with zero attached hydrogens (tertiary/aromatic N) is 1. The molecule has 3 heterocycles. The van der Waals surface area contributed by atoms with Crippen LogP contribution in [-0.4, -0.2) is 90.7 Å². The van der Waals surface area contributed by atoms with Gasteiger partial charge in [0.15, 0.2) is 5.72 Å². The Labute approximate surface area is 357 Å². The van der Waals surface area contributed by atoms with Gasteiger partial charge in [-0.15, -0.1) is 0 Å². The smallest absolute Gasteiger partial charge is 0.409 e. The van der Waals surface area contributed by atoms with Crippen molar-refractivity contribution in [3.63, 3.8) is 0 Å². The number of epoxide rings is 1. The van der Waals surface area contributed by atoms with E-state index >= 15 is 0 Å². The zero-order chi connectivity index (χ0) is 43.6. The van der Waals surface area contributed by atoms with Gasteiger partial charge in [0, 0.05) is 43.2 Å². The van der Waals surface area contributed by atoms with Gasteiger partial charge in [0.2, 0.25) is 11.8 Å². The fourth-order valence-corrected chi connectivity index (χ4v) is 7.97. The number of hydrogen-bond donors (Lipinski definition) is 4. The fourth-order valence-electron chi connectivity index (χ4n) is 7.63. The molecule has 5 rings (SSSR count). The normalized spacial score (nSPS) is 29.0. The molecule has 3 aliphatic rings. The van der Waals surface area contributed by atoms with Crippen LogP contribution >= 0.6 is 24.2 Å². The van der Waals surface area contributed by atoms with Crippen molar-refractivity contribution in [1.29, 1.82) is 0 Å². The molecule has 2 aromatic carbocycles. The standard InChI is InChI=1S/C44H58ClN3O10S/c1-24(2)40(51)57-35-22-37(50)48(8)31-19-27(20-32(54-9)38(31)28-14-15-30(29(45)21-28)46-36(49)16-17-42(5,6)59)18-25(3)12-11-13-34(55-10)44(53)23-33(56-41(52)47-44)26(4)39-43(35,7)58-39/h11-15,19-21,24,26,33-35,39,53,59H,16-18,22-23H2,1-10H3,(H,46,49)(H,47,52)/b13-11+,25-12+/t26-,33+,34-,35+,39+,43+,44+/m1/s1. The number of amides is 3. The van der Waals surface area contributed by atoms with Crippen LogP contribution in [0.4, 0.5) is 16.2 Å². The van der Waals surface area contributed by atoms with Gasteiger partial charge in [-0.25, -0.2) is 4.79 Å². The number of nitrogens with one attached hydrogen (secondary N) is 2. The molecule has 0 saturated carbocycles. The maximum Gasteiger partial charge on any atom is 0.409 e. The van der Waals surface area contributed by atoms with E-state index in [1.165, 1.54) is 12.0 Å². The third-order valence-electron chi connectivity index (χ3n) is 11.2. The molecule has 322 valence electrons. The number of aliphatic hydroxyl groups is 1. The minimum Gasteiger partial charge on any atom is -0.496 e. The average molecular weight is 856 g/mol. The maximum atomic E-state index is 14.6. The van der Waals surface area contributed by atoms with Crippen LogP contribution in [0.2, 0.25) is 5.02 Å². The summed E-state index contributed by atoms with van der Waals surface area (Å²) in [4.78, 5) is 54.9. The predicted octanol–water partition coefficient (Wildman–Crippen LogP) is 7.42. The second-order valence-corrected chi connectivity index (χ2v) is 18.6. The van der Waals surface area contributed by atoms with Crippen LogP contribution in [0.25, 0.3) is 11.1 Å². The van der Waals surface area contributed by atoms with Crippen LogP contribution in [0, 0.1) is 11.8 Å². The Morgan fingerprint density at radius 3 is 2.53 bits per heavy atom. The van der Waals surface area contributed by atoms with E-state index in [-0.39, 0.29) is 35.8 Å². The van der Waals surface area contributed by atoms with E-state index in [0.29, 0.717) is 46.1 Å². The Kier molecular flexibility index (Phi) is 14.2. The molecule has 3 N–H and O–H groups in total. The number of carbonyl (C=O) groups excluding carboxylic acids is 4. The Hall–Kier alpha value is -4.08. The molecule has 2 aromatic rings. The molecule has 0 radical (unpaired) electrons. The number of anilines is 2. The topological polar surface area (TPSA) is 165 Å². The van der Waals surface area contributed by atoms with Crippen molar-refractivity contribution < 1.29 is 48.0 Å². The Morgan fingerprint density at radius 1 is 1.19 bits per heavy atom. The lowest BCUT2D eigenvalue weighted by Gasteiger charge is -2.42. The number of ether oxygens (including phenoxy) is 5. The number of benzene rings is 2. The highest BCUT2D eigenvalue weighted by Gasteiger charge is 2.64. The number of methoxy groups -OCH3 is 2. The van der Waals surface area contributed by atoms with Crippen LogP contribution in [0.1, 0.15) is 79.7 Å². The number of hydrogen-bond acceptors (Lipinski definition) is 11. The number of esters is 1. The first-order valence-electron chi connectivity index (χ1n) is 19.8. The summed E-state index contributed by atoms with van der Waals surface area (Å²) in [6.07, 6.45) is 2.10. The average Bonchev–Trinajstić information content (AvgIpc) is 3.86. The Balaban J connectivity index is 1.61. The summed E-state index contributed by atoms with van der Waals surface area (Å²) in [6, 6.07) is 9.02. The van der Waals surface area contributed by atoms with E-state index in [0.717, 1.165) is 11.1 Å². The Bertz CT molecular complexity index is 2000. The zero-order valence-corrected chi connectivity index (χ0v) is 37.2. The van der Waals surface area contributed by atoms with Gasteiger partial charge >= 0.3 is 12.1 Å². The van der Waals surface area contributed by atoms with Gasteiger partial charge in [-0.05, 0) is 62.1 Å². The van der Waals surface area contributed by atoms with Crippen LogP contribution in [0.15, 0.2) is 54.1 Å². The molecule has 7 atom stereocenters. The molecule has 0 spiro atoms. The largest absolute Gasteiger partial charge is 0.496 e. The molecule has 0 unspecified atom stereocenters. The molecular weight excluding hydrogens is 798 g/mol. The minimum atomic E-state index is -1.81. The van der Waals surface area contributed by atoms with Crippen molar-refractivity contribution in [3.8, 4) is 16.9 Å². The van der Waals surface area contributed by atoms with E-state index in [4.69, 9.17) is 35.3 Å². The van der Waals surface area contributed by atoms with Gasteiger partial charge in [0.05, 0.1) is 41.9 Å². The summed E-state index contributed by atoms with van der Waals surface area (Å²) < 4.78 is 29.4. The first-order chi connectivity index (χ1) is 27.6. The van der Waals surface area contributed by atoms with Crippen LogP contribution in [0.5, 0.6) is 5.75 Å². The number of halogens is 1. The van der Waals surface area contributed by atoms with Crippen molar-refractivity contribution in [1.82, 2.24) is 5.32 Å². The van der Waals surface area contributed by atoms with Gasteiger partial charge in [-0.1, -0.05) is 76.1 Å². The van der Waals surface area contributed by atoms with E-state index < -0.39 is 59.6 Å². The van der Waals surface area contributed by atoms with Crippen molar-refractivity contribution in [2.45, 2.75) is 121 Å². The van der Waals surface area contributed by atoms with Crippen molar-refractivity contribution in [2.75, 3.05) is 31.5 Å². The SMILES string of the molecule is COc1cc2cc(c1-c1ccc(NC(=O)CCC(C)(C)S)c(Cl)c1)N(C)C(=O)C[C@H](OC(=O)C(C)C)[C@]1(C)O[C@H]1[C@H](C)[C@@H]1C[C@@](O)(NC(=O)O1)[C@H](OC)/C=C/C=C(\C)C2. The van der Waals surface area contributed by atoms with E-state index in [1.54, 1.807) is 65.3 Å². The summed E-state index contributed by atoms with van der Waals surface area (Å²) in [6.45, 7) is 12.8. The zero-order valence-electron chi connectivity index (χ0n) is 35.5. The monoisotopic (exact) mass is 855 g/mol.